The third-order valence-corrected chi connectivity index (χ3v) is 7.79. The number of urea groups is 1. The summed E-state index contributed by atoms with van der Waals surface area (Å²) in [5, 5.41) is 0. The first-order valence-electron chi connectivity index (χ1n) is 5.83. The van der Waals surface area contributed by atoms with Crippen molar-refractivity contribution in [3.63, 3.8) is 0 Å². The van der Waals surface area contributed by atoms with E-state index in [4.69, 9.17) is 33.7 Å². The molecule has 1 saturated heterocycles. The summed E-state index contributed by atoms with van der Waals surface area (Å²) in [6.45, 7) is 0. The molecule has 0 radical (unpaired) electrons. The summed E-state index contributed by atoms with van der Waals surface area (Å²) < 4.78 is 2.53. The van der Waals surface area contributed by atoms with Crippen molar-refractivity contribution in [2.24, 2.45) is 0 Å². The number of hydrogen-bond donors (Lipinski definition) is 0. The average Bonchev–Trinajstić information content (AvgIpc) is 2.39. The van der Waals surface area contributed by atoms with E-state index in [0.717, 1.165) is 0 Å². The van der Waals surface area contributed by atoms with E-state index in [-0.39, 0.29) is 6.03 Å². The fourth-order valence-electron chi connectivity index (χ4n) is 2.14. The molecule has 0 saturated carbocycles. The second-order valence-corrected chi connectivity index (χ2v) is 13.9. The topological polar surface area (TPSA) is 23.6 Å². The Labute approximate surface area is 131 Å². The van der Waals surface area contributed by atoms with Crippen LogP contribution in [0.2, 0.25) is 0 Å². The second kappa shape index (κ2) is 4.51. The molecule has 3 nitrogen and oxygen atoms in total. The minimum atomic E-state index is -4.00. The fraction of sp³-hybridized carbons (Fsp3) is 0. The average molecular weight is 348 g/mol. The molecule has 0 bridgehead atoms. The molecule has 0 aromatic heterocycles. The van der Waals surface area contributed by atoms with Gasteiger partial charge in [0.15, 0.2) is 0 Å². The molecule has 104 valence electrons. The number of carbonyl (C=O) groups is 1. The van der Waals surface area contributed by atoms with Crippen LogP contribution in [-0.2, 0) is 0 Å². The van der Waals surface area contributed by atoms with Crippen LogP contribution >= 0.6 is 38.7 Å². The Morgan fingerprint density at radius 1 is 0.700 bits per heavy atom. The molecule has 0 unspecified atom stereocenters. The van der Waals surface area contributed by atoms with Crippen LogP contribution in [0.25, 0.3) is 0 Å². The van der Waals surface area contributed by atoms with Gasteiger partial charge in [-0.15, -0.1) is 0 Å². The van der Waals surface area contributed by atoms with Gasteiger partial charge in [-0.1, -0.05) is 0 Å². The standard InChI is InChI=1S/C13H10Cl3N2OP/c14-20(15,16)17(11-7-3-1-4-8-11)13(19)18(20)12-9-5-2-6-10-12/h1-10H. The Morgan fingerprint density at radius 2 is 1.05 bits per heavy atom. The van der Waals surface area contributed by atoms with Gasteiger partial charge in [-0.2, -0.15) is 0 Å². The van der Waals surface area contributed by atoms with E-state index in [0.29, 0.717) is 11.4 Å². The maximum atomic E-state index is 12.4. The van der Waals surface area contributed by atoms with Crippen LogP contribution in [0.4, 0.5) is 16.2 Å². The van der Waals surface area contributed by atoms with Gasteiger partial charge >= 0.3 is 131 Å². The number of rotatable bonds is 2. The van der Waals surface area contributed by atoms with Gasteiger partial charge in [-0.3, -0.25) is 0 Å². The zero-order valence-electron chi connectivity index (χ0n) is 10.2. The van der Waals surface area contributed by atoms with Gasteiger partial charge in [-0.05, 0) is 0 Å². The predicted molar refractivity (Wildman–Crippen MR) is 87.7 cm³/mol. The number of carbonyl (C=O) groups excluding carboxylic acids is 1. The molecule has 0 aliphatic carbocycles. The zero-order chi connectivity index (χ0) is 14.4. The van der Waals surface area contributed by atoms with Crippen molar-refractivity contribution < 1.29 is 4.79 Å². The maximum absolute atomic E-state index is 12.4. The van der Waals surface area contributed by atoms with Crippen LogP contribution in [0.15, 0.2) is 60.7 Å². The molecular formula is C13H10Cl3N2OP. The second-order valence-electron chi connectivity index (χ2n) is 4.31. The Hall–Kier alpha value is -0.990. The minimum absolute atomic E-state index is 0.333. The van der Waals surface area contributed by atoms with Crippen molar-refractivity contribution in [3.8, 4) is 0 Å². The number of benzene rings is 2. The Kier molecular flexibility index (Phi) is 3.15. The van der Waals surface area contributed by atoms with E-state index >= 15 is 0 Å². The van der Waals surface area contributed by atoms with Crippen molar-refractivity contribution in [2.75, 3.05) is 9.34 Å². The van der Waals surface area contributed by atoms with E-state index in [2.05, 4.69) is 0 Å². The molecule has 1 aliphatic rings. The monoisotopic (exact) mass is 346 g/mol. The van der Waals surface area contributed by atoms with Crippen molar-refractivity contribution in [3.05, 3.63) is 60.7 Å². The quantitative estimate of drug-likeness (QED) is 0.613. The number of hydrogen-bond acceptors (Lipinski definition) is 1. The summed E-state index contributed by atoms with van der Waals surface area (Å²) in [4.78, 5) is 8.41. The van der Waals surface area contributed by atoms with Crippen molar-refractivity contribution in [2.45, 2.75) is 0 Å². The molecule has 0 atom stereocenters. The van der Waals surface area contributed by atoms with Crippen LogP contribution in [-0.4, -0.2) is 6.03 Å². The first-order chi connectivity index (χ1) is 9.40. The number of anilines is 2. The number of amides is 2. The SMILES string of the molecule is O=C1N(c2ccccc2)P(Cl)(Cl)(Cl)N1c1ccccc1. The fourth-order valence-corrected chi connectivity index (χ4v) is 6.64. The Bertz CT molecular complexity index is 604. The predicted octanol–water partition coefficient (Wildman–Crippen LogP) is 5.98. The van der Waals surface area contributed by atoms with Gasteiger partial charge in [0.25, 0.3) is 0 Å². The van der Waals surface area contributed by atoms with E-state index in [1.54, 1.807) is 48.5 Å². The van der Waals surface area contributed by atoms with Gasteiger partial charge < -0.3 is 0 Å². The molecule has 20 heavy (non-hydrogen) atoms. The molecule has 1 heterocycles. The molecule has 2 amide bonds. The first-order valence-corrected chi connectivity index (χ1v) is 10.7. The molecular weight excluding hydrogens is 337 g/mol. The summed E-state index contributed by atoms with van der Waals surface area (Å²) in [5.74, 6) is 0. The first kappa shape index (κ1) is 14.0. The van der Waals surface area contributed by atoms with Crippen LogP contribution in [0.5, 0.6) is 0 Å². The van der Waals surface area contributed by atoms with Crippen molar-refractivity contribution in [1.29, 1.82) is 0 Å². The van der Waals surface area contributed by atoms with Crippen LogP contribution < -0.4 is 9.34 Å². The Morgan fingerprint density at radius 3 is 1.35 bits per heavy atom. The molecule has 3 rings (SSSR count). The van der Waals surface area contributed by atoms with Gasteiger partial charge in [0, 0.05) is 0 Å². The molecule has 1 fully saturated rings. The van der Waals surface area contributed by atoms with Gasteiger partial charge in [0.05, 0.1) is 0 Å². The third-order valence-electron chi connectivity index (χ3n) is 3.00. The Balaban J connectivity index is 2.05. The summed E-state index contributed by atoms with van der Waals surface area (Å²) in [5.41, 5.74) is 1.17. The van der Waals surface area contributed by atoms with Crippen molar-refractivity contribution in [1.82, 2.24) is 0 Å². The molecule has 0 N–H and O–H groups in total. The van der Waals surface area contributed by atoms with Crippen LogP contribution in [0.3, 0.4) is 0 Å². The molecule has 2 aromatic rings. The normalized spacial score (nSPS) is 21.8. The van der Waals surface area contributed by atoms with Gasteiger partial charge in [0.1, 0.15) is 0 Å². The molecule has 1 aliphatic heterocycles. The summed E-state index contributed by atoms with van der Waals surface area (Å²) in [7, 11) is 0. The van der Waals surface area contributed by atoms with Crippen LogP contribution in [0, 0.1) is 0 Å². The summed E-state index contributed by atoms with van der Waals surface area (Å²) in [6, 6.07) is 17.5. The molecule has 2 aromatic carbocycles. The molecule has 7 heteroatoms. The van der Waals surface area contributed by atoms with Crippen molar-refractivity contribution >= 4 is 56.1 Å². The van der Waals surface area contributed by atoms with E-state index in [9.17, 15) is 4.79 Å². The zero-order valence-corrected chi connectivity index (χ0v) is 13.3. The third kappa shape index (κ3) is 1.97. The number of nitrogens with zero attached hydrogens (tertiary/aromatic N) is 2. The van der Waals surface area contributed by atoms with Crippen LogP contribution in [0.1, 0.15) is 0 Å². The molecule has 0 spiro atoms. The van der Waals surface area contributed by atoms with E-state index in [1.807, 2.05) is 12.1 Å². The summed E-state index contributed by atoms with van der Waals surface area (Å²) in [6.07, 6.45) is 0. The number of halogens is 3. The van der Waals surface area contributed by atoms with Gasteiger partial charge in [-0.25, -0.2) is 0 Å². The van der Waals surface area contributed by atoms with E-state index < -0.39 is 4.96 Å². The van der Waals surface area contributed by atoms with Gasteiger partial charge in [0.2, 0.25) is 0 Å². The number of para-hydroxylation sites is 2. The summed E-state index contributed by atoms with van der Waals surface area (Å²) >= 11 is 19.3. The van der Waals surface area contributed by atoms with E-state index in [1.165, 1.54) is 9.34 Å².